The maximum atomic E-state index is 6.03. The molecule has 2 N–H and O–H groups in total. The first kappa shape index (κ1) is 12.6. The average Bonchev–Trinajstić information content (AvgIpc) is 2.72. The van der Waals surface area contributed by atoms with Gasteiger partial charge in [-0.2, -0.15) is 0 Å². The van der Waals surface area contributed by atoms with Gasteiger partial charge >= 0.3 is 0 Å². The van der Waals surface area contributed by atoms with Crippen molar-refractivity contribution < 1.29 is 0 Å². The van der Waals surface area contributed by atoms with Gasteiger partial charge in [-0.15, -0.1) is 12.4 Å². The van der Waals surface area contributed by atoms with Crippen LogP contribution in [-0.2, 0) is 6.54 Å². The van der Waals surface area contributed by atoms with Crippen molar-refractivity contribution in [1.82, 2.24) is 9.38 Å². The lowest BCUT2D eigenvalue weighted by Gasteiger charge is -1.98. The summed E-state index contributed by atoms with van der Waals surface area (Å²) in [4.78, 5) is 5.43. The number of hydrogen-bond acceptors (Lipinski definition) is 3. The Morgan fingerprint density at radius 1 is 1.47 bits per heavy atom. The molecule has 0 aliphatic carbocycles. The Morgan fingerprint density at radius 2 is 2.24 bits per heavy atom. The number of imidazole rings is 1. The van der Waals surface area contributed by atoms with E-state index < -0.39 is 0 Å². The fraction of sp³-hybridized carbons (Fsp3) is 0.182. The fourth-order valence-electron chi connectivity index (χ4n) is 1.93. The van der Waals surface area contributed by atoms with E-state index in [0.717, 1.165) is 25.9 Å². The predicted molar refractivity (Wildman–Crippen MR) is 75.5 cm³/mol. The SMILES string of the molecule is Cc1cc(Cl)cc2sc3nc(CN)cn3c12.Cl. The van der Waals surface area contributed by atoms with E-state index in [1.165, 1.54) is 5.52 Å². The van der Waals surface area contributed by atoms with Crippen molar-refractivity contribution in [3.05, 3.63) is 34.6 Å². The molecular weight excluding hydrogens is 277 g/mol. The lowest BCUT2D eigenvalue weighted by Crippen LogP contribution is -1.95. The summed E-state index contributed by atoms with van der Waals surface area (Å²) >= 11 is 7.67. The normalized spacial score (nSPS) is 11.0. The van der Waals surface area contributed by atoms with Crippen LogP contribution in [0.2, 0.25) is 5.02 Å². The molecule has 2 aromatic heterocycles. The van der Waals surface area contributed by atoms with Gasteiger partial charge in [0.2, 0.25) is 0 Å². The second kappa shape index (κ2) is 4.46. The van der Waals surface area contributed by atoms with Gasteiger partial charge < -0.3 is 5.73 Å². The van der Waals surface area contributed by atoms with Gasteiger partial charge in [0.1, 0.15) is 0 Å². The van der Waals surface area contributed by atoms with Gasteiger partial charge in [0, 0.05) is 17.8 Å². The molecule has 3 nitrogen and oxygen atoms in total. The molecule has 90 valence electrons. The van der Waals surface area contributed by atoms with Crippen molar-refractivity contribution in [3.63, 3.8) is 0 Å². The Morgan fingerprint density at radius 3 is 2.94 bits per heavy atom. The van der Waals surface area contributed by atoms with Crippen LogP contribution < -0.4 is 5.73 Å². The number of halogens is 2. The number of aromatic nitrogens is 2. The van der Waals surface area contributed by atoms with Gasteiger partial charge in [0.25, 0.3) is 0 Å². The maximum Gasteiger partial charge on any atom is 0.195 e. The van der Waals surface area contributed by atoms with Crippen LogP contribution in [0.15, 0.2) is 18.3 Å². The summed E-state index contributed by atoms with van der Waals surface area (Å²) in [6.07, 6.45) is 2.00. The summed E-state index contributed by atoms with van der Waals surface area (Å²) in [6, 6.07) is 3.95. The Kier molecular flexibility index (Phi) is 3.32. The van der Waals surface area contributed by atoms with Gasteiger partial charge in [-0.25, -0.2) is 4.98 Å². The third kappa shape index (κ3) is 1.91. The molecule has 0 saturated carbocycles. The number of hydrogen-bond donors (Lipinski definition) is 1. The second-order valence-corrected chi connectivity index (χ2v) is 5.21. The maximum absolute atomic E-state index is 6.03. The lowest BCUT2D eigenvalue weighted by atomic mass is 10.2. The standard InChI is InChI=1S/C11H10ClN3S.ClH/c1-6-2-7(12)3-9-10(6)15-5-8(4-13)14-11(15)16-9;/h2-3,5H,4,13H2,1H3;1H. The predicted octanol–water partition coefficient (Wildman–Crippen LogP) is 3.39. The summed E-state index contributed by atoms with van der Waals surface area (Å²) < 4.78 is 3.25. The average molecular weight is 288 g/mol. The Bertz CT molecular complexity index is 687. The highest BCUT2D eigenvalue weighted by Gasteiger charge is 2.10. The van der Waals surface area contributed by atoms with Gasteiger partial charge in [-0.3, -0.25) is 4.40 Å². The van der Waals surface area contributed by atoms with E-state index in [4.69, 9.17) is 17.3 Å². The molecule has 0 bridgehead atoms. The van der Waals surface area contributed by atoms with Crippen LogP contribution in [0.3, 0.4) is 0 Å². The molecule has 6 heteroatoms. The van der Waals surface area contributed by atoms with Crippen molar-refractivity contribution in [2.75, 3.05) is 0 Å². The minimum absolute atomic E-state index is 0. The molecule has 0 spiro atoms. The molecule has 2 heterocycles. The van der Waals surface area contributed by atoms with E-state index in [2.05, 4.69) is 16.3 Å². The zero-order chi connectivity index (χ0) is 11.3. The lowest BCUT2D eigenvalue weighted by molar-refractivity contribution is 1.02. The van der Waals surface area contributed by atoms with Crippen LogP contribution in [0.1, 0.15) is 11.3 Å². The first-order valence-corrected chi connectivity index (χ1v) is 6.15. The molecule has 0 atom stereocenters. The molecule has 0 aliphatic heterocycles. The Labute approximate surface area is 114 Å². The Hall–Kier alpha value is -0.810. The van der Waals surface area contributed by atoms with E-state index in [0.29, 0.717) is 6.54 Å². The quantitative estimate of drug-likeness (QED) is 0.746. The third-order valence-electron chi connectivity index (χ3n) is 2.61. The van der Waals surface area contributed by atoms with Crippen molar-refractivity contribution >= 4 is 50.5 Å². The van der Waals surface area contributed by atoms with Crippen LogP contribution in [0, 0.1) is 6.92 Å². The molecule has 3 aromatic rings. The first-order chi connectivity index (χ1) is 7.69. The van der Waals surface area contributed by atoms with E-state index in [9.17, 15) is 0 Å². The van der Waals surface area contributed by atoms with Crippen molar-refractivity contribution in [2.24, 2.45) is 5.73 Å². The fourth-order valence-corrected chi connectivity index (χ4v) is 3.41. The largest absolute Gasteiger partial charge is 0.325 e. The molecule has 17 heavy (non-hydrogen) atoms. The smallest absolute Gasteiger partial charge is 0.195 e. The van der Waals surface area contributed by atoms with Gasteiger partial charge in [0.05, 0.1) is 15.9 Å². The molecule has 3 rings (SSSR count). The summed E-state index contributed by atoms with van der Waals surface area (Å²) in [5.41, 5.74) is 8.84. The number of rotatable bonds is 1. The summed E-state index contributed by atoms with van der Waals surface area (Å²) in [7, 11) is 0. The van der Waals surface area contributed by atoms with Gasteiger partial charge in [0.15, 0.2) is 4.96 Å². The number of nitrogens with two attached hydrogens (primary N) is 1. The van der Waals surface area contributed by atoms with Crippen LogP contribution in [-0.4, -0.2) is 9.38 Å². The van der Waals surface area contributed by atoms with E-state index in [1.807, 2.05) is 18.3 Å². The molecule has 1 aromatic carbocycles. The van der Waals surface area contributed by atoms with E-state index >= 15 is 0 Å². The number of nitrogens with zero attached hydrogens (tertiary/aromatic N) is 2. The Balaban J connectivity index is 0.00000108. The van der Waals surface area contributed by atoms with E-state index in [-0.39, 0.29) is 12.4 Å². The first-order valence-electron chi connectivity index (χ1n) is 4.96. The number of thiazole rings is 1. The summed E-state index contributed by atoms with van der Waals surface area (Å²) in [5.74, 6) is 0. The molecule has 0 radical (unpaired) electrons. The number of benzene rings is 1. The zero-order valence-corrected chi connectivity index (χ0v) is 11.5. The second-order valence-electron chi connectivity index (χ2n) is 3.76. The van der Waals surface area contributed by atoms with Crippen LogP contribution >= 0.6 is 35.3 Å². The van der Waals surface area contributed by atoms with Gasteiger partial charge in [-0.1, -0.05) is 22.9 Å². The summed E-state index contributed by atoms with van der Waals surface area (Å²) in [6.45, 7) is 2.53. The third-order valence-corrected chi connectivity index (χ3v) is 3.82. The zero-order valence-electron chi connectivity index (χ0n) is 9.11. The molecule has 0 saturated heterocycles. The molecule has 0 unspecified atom stereocenters. The number of aryl methyl sites for hydroxylation is 1. The van der Waals surface area contributed by atoms with Crippen LogP contribution in [0.25, 0.3) is 15.2 Å². The van der Waals surface area contributed by atoms with Crippen molar-refractivity contribution in [2.45, 2.75) is 13.5 Å². The minimum Gasteiger partial charge on any atom is -0.325 e. The number of fused-ring (bicyclic) bond motifs is 3. The monoisotopic (exact) mass is 287 g/mol. The van der Waals surface area contributed by atoms with Crippen LogP contribution in [0.4, 0.5) is 0 Å². The van der Waals surface area contributed by atoms with Crippen LogP contribution in [0.5, 0.6) is 0 Å². The summed E-state index contributed by atoms with van der Waals surface area (Å²) in [5, 5.41) is 0.772. The van der Waals surface area contributed by atoms with E-state index in [1.54, 1.807) is 11.3 Å². The van der Waals surface area contributed by atoms with Crippen molar-refractivity contribution in [3.8, 4) is 0 Å². The van der Waals surface area contributed by atoms with Gasteiger partial charge in [-0.05, 0) is 24.6 Å². The topological polar surface area (TPSA) is 43.3 Å². The highest BCUT2D eigenvalue weighted by molar-refractivity contribution is 7.23. The molecular formula is C11H11Cl2N3S. The molecule has 0 amide bonds. The highest BCUT2D eigenvalue weighted by atomic mass is 35.5. The molecule has 0 aliphatic rings. The van der Waals surface area contributed by atoms with Crippen molar-refractivity contribution in [1.29, 1.82) is 0 Å². The molecule has 0 fully saturated rings. The highest BCUT2D eigenvalue weighted by Crippen LogP contribution is 2.31. The minimum atomic E-state index is 0.